The molecule has 86 valence electrons. The molecule has 0 spiro atoms. The van der Waals surface area contributed by atoms with Crippen LogP contribution in [0.25, 0.3) is 0 Å². The van der Waals surface area contributed by atoms with Gasteiger partial charge in [0.2, 0.25) is 0 Å². The molecule has 1 unspecified atom stereocenters. The number of hydrogen-bond donors (Lipinski definition) is 0. The number of rotatable bonds is 3. The van der Waals surface area contributed by atoms with Crippen LogP contribution in [0.4, 0.5) is 4.39 Å². The number of halogens is 1. The van der Waals surface area contributed by atoms with Gasteiger partial charge in [0.25, 0.3) is 0 Å². The third-order valence-electron chi connectivity index (χ3n) is 2.74. The summed E-state index contributed by atoms with van der Waals surface area (Å²) in [7, 11) is 1.43. The summed E-state index contributed by atoms with van der Waals surface area (Å²) in [6.07, 6.45) is 0.649. The number of ketones is 1. The van der Waals surface area contributed by atoms with Gasteiger partial charge in [-0.2, -0.15) is 0 Å². The van der Waals surface area contributed by atoms with Gasteiger partial charge < -0.3 is 9.47 Å². The van der Waals surface area contributed by atoms with Crippen molar-refractivity contribution in [1.29, 1.82) is 0 Å². The second-order valence-corrected chi connectivity index (χ2v) is 3.74. The van der Waals surface area contributed by atoms with Gasteiger partial charge in [-0.25, -0.2) is 4.39 Å². The summed E-state index contributed by atoms with van der Waals surface area (Å²) in [6, 6.07) is 4.38. The molecular formula is C12H13FO3. The van der Waals surface area contributed by atoms with E-state index in [-0.39, 0.29) is 23.0 Å². The van der Waals surface area contributed by atoms with Crippen LogP contribution in [0.1, 0.15) is 16.8 Å². The molecule has 1 heterocycles. The Hall–Kier alpha value is -1.42. The third kappa shape index (κ3) is 1.93. The summed E-state index contributed by atoms with van der Waals surface area (Å²) in [5, 5.41) is 0. The van der Waals surface area contributed by atoms with Crippen LogP contribution in [0, 0.1) is 11.7 Å². The van der Waals surface area contributed by atoms with E-state index in [1.54, 1.807) is 6.07 Å². The Balaban J connectivity index is 2.34. The molecule has 1 aliphatic heterocycles. The molecule has 0 aromatic heterocycles. The van der Waals surface area contributed by atoms with E-state index in [4.69, 9.17) is 9.47 Å². The van der Waals surface area contributed by atoms with E-state index in [1.807, 2.05) is 0 Å². The first-order valence-electron chi connectivity index (χ1n) is 5.18. The predicted molar refractivity (Wildman–Crippen MR) is 56.2 cm³/mol. The summed E-state index contributed by atoms with van der Waals surface area (Å²) in [6.45, 7) is 0.934. The number of methoxy groups -OCH3 is 1. The molecule has 0 radical (unpaired) electrons. The lowest BCUT2D eigenvalue weighted by molar-refractivity contribution is 0.0893. The van der Waals surface area contributed by atoms with E-state index in [0.717, 1.165) is 0 Å². The lowest BCUT2D eigenvalue weighted by Gasteiger charge is -2.11. The van der Waals surface area contributed by atoms with Crippen molar-refractivity contribution in [3.8, 4) is 5.75 Å². The van der Waals surface area contributed by atoms with Gasteiger partial charge in [0.1, 0.15) is 11.6 Å². The highest BCUT2D eigenvalue weighted by Crippen LogP contribution is 2.27. The maximum absolute atomic E-state index is 13.6. The number of Topliss-reactive ketones (excluding diaryl/α,β-unsaturated/α-hetero) is 1. The Morgan fingerprint density at radius 3 is 3.00 bits per heavy atom. The quantitative estimate of drug-likeness (QED) is 0.737. The highest BCUT2D eigenvalue weighted by molar-refractivity contribution is 6.00. The van der Waals surface area contributed by atoms with E-state index >= 15 is 0 Å². The zero-order valence-corrected chi connectivity index (χ0v) is 9.03. The van der Waals surface area contributed by atoms with Crippen molar-refractivity contribution in [2.75, 3.05) is 20.3 Å². The summed E-state index contributed by atoms with van der Waals surface area (Å²) in [5.41, 5.74) is 0.0421. The van der Waals surface area contributed by atoms with Gasteiger partial charge in [0.15, 0.2) is 5.78 Å². The summed E-state index contributed by atoms with van der Waals surface area (Å²) >= 11 is 0. The molecule has 1 aromatic carbocycles. The predicted octanol–water partition coefficient (Wildman–Crippen LogP) is 2.05. The van der Waals surface area contributed by atoms with E-state index in [9.17, 15) is 9.18 Å². The Morgan fingerprint density at radius 1 is 1.56 bits per heavy atom. The normalized spacial score (nSPS) is 19.8. The second kappa shape index (κ2) is 4.61. The molecule has 3 nitrogen and oxygen atoms in total. The van der Waals surface area contributed by atoms with Crippen LogP contribution in [0.3, 0.4) is 0 Å². The van der Waals surface area contributed by atoms with Crippen molar-refractivity contribution in [3.05, 3.63) is 29.6 Å². The highest BCUT2D eigenvalue weighted by atomic mass is 19.1. The number of hydrogen-bond acceptors (Lipinski definition) is 3. The Morgan fingerprint density at radius 2 is 2.38 bits per heavy atom. The van der Waals surface area contributed by atoms with Crippen LogP contribution in [0.5, 0.6) is 5.75 Å². The lowest BCUT2D eigenvalue weighted by atomic mass is 9.96. The van der Waals surface area contributed by atoms with Gasteiger partial charge in [0, 0.05) is 12.5 Å². The minimum absolute atomic E-state index is 0.0421. The number of carbonyl (C=O) groups is 1. The Bertz CT molecular complexity index is 397. The van der Waals surface area contributed by atoms with E-state index < -0.39 is 5.82 Å². The molecule has 0 aliphatic carbocycles. The fourth-order valence-corrected chi connectivity index (χ4v) is 1.86. The van der Waals surface area contributed by atoms with Crippen molar-refractivity contribution in [3.63, 3.8) is 0 Å². The van der Waals surface area contributed by atoms with E-state index in [0.29, 0.717) is 19.6 Å². The monoisotopic (exact) mass is 224 g/mol. The van der Waals surface area contributed by atoms with Crippen molar-refractivity contribution in [2.24, 2.45) is 5.92 Å². The van der Waals surface area contributed by atoms with Crippen molar-refractivity contribution < 1.29 is 18.7 Å². The number of carbonyl (C=O) groups excluding carboxylic acids is 1. The molecule has 2 rings (SSSR count). The van der Waals surface area contributed by atoms with Crippen LogP contribution in [0.2, 0.25) is 0 Å². The van der Waals surface area contributed by atoms with E-state index in [1.165, 1.54) is 19.2 Å². The van der Waals surface area contributed by atoms with Gasteiger partial charge in [-0.3, -0.25) is 4.79 Å². The van der Waals surface area contributed by atoms with Crippen molar-refractivity contribution in [2.45, 2.75) is 6.42 Å². The first kappa shape index (κ1) is 11.1. The van der Waals surface area contributed by atoms with E-state index in [2.05, 4.69) is 0 Å². The maximum atomic E-state index is 13.6. The molecule has 0 amide bonds. The molecule has 1 saturated heterocycles. The first-order chi connectivity index (χ1) is 7.74. The van der Waals surface area contributed by atoms with Crippen LogP contribution in [-0.2, 0) is 4.74 Å². The SMILES string of the molecule is COc1cccc(F)c1C(=O)C1CCOC1. The van der Waals surface area contributed by atoms with Crippen molar-refractivity contribution >= 4 is 5.78 Å². The minimum Gasteiger partial charge on any atom is -0.496 e. The van der Waals surface area contributed by atoms with Gasteiger partial charge in [0.05, 0.1) is 19.3 Å². The number of ether oxygens (including phenoxy) is 2. The molecule has 1 aliphatic rings. The summed E-state index contributed by atoms with van der Waals surface area (Å²) in [4.78, 5) is 12.0. The van der Waals surface area contributed by atoms with Gasteiger partial charge in [-0.1, -0.05) is 6.07 Å². The summed E-state index contributed by atoms with van der Waals surface area (Å²) in [5.74, 6) is -0.716. The highest BCUT2D eigenvalue weighted by Gasteiger charge is 2.28. The average molecular weight is 224 g/mol. The maximum Gasteiger partial charge on any atom is 0.175 e. The first-order valence-corrected chi connectivity index (χ1v) is 5.18. The largest absolute Gasteiger partial charge is 0.496 e. The van der Waals surface area contributed by atoms with Gasteiger partial charge in [-0.15, -0.1) is 0 Å². The molecule has 0 saturated carbocycles. The standard InChI is InChI=1S/C12H13FO3/c1-15-10-4-2-3-9(13)11(10)12(14)8-5-6-16-7-8/h2-4,8H,5-7H2,1H3. The minimum atomic E-state index is -0.531. The smallest absolute Gasteiger partial charge is 0.175 e. The second-order valence-electron chi connectivity index (χ2n) is 3.74. The molecule has 1 fully saturated rings. The molecule has 16 heavy (non-hydrogen) atoms. The average Bonchev–Trinajstić information content (AvgIpc) is 2.81. The zero-order chi connectivity index (χ0) is 11.5. The molecule has 0 bridgehead atoms. The Kier molecular flexibility index (Phi) is 3.19. The van der Waals surface area contributed by atoms with Gasteiger partial charge in [-0.05, 0) is 18.6 Å². The van der Waals surface area contributed by atoms with Crippen molar-refractivity contribution in [1.82, 2.24) is 0 Å². The van der Waals surface area contributed by atoms with Crippen LogP contribution < -0.4 is 4.74 Å². The van der Waals surface area contributed by atoms with Gasteiger partial charge >= 0.3 is 0 Å². The zero-order valence-electron chi connectivity index (χ0n) is 9.03. The number of benzene rings is 1. The topological polar surface area (TPSA) is 35.5 Å². The molecule has 0 N–H and O–H groups in total. The molecular weight excluding hydrogens is 211 g/mol. The van der Waals surface area contributed by atoms with Crippen LogP contribution >= 0.6 is 0 Å². The Labute approximate surface area is 93.2 Å². The third-order valence-corrected chi connectivity index (χ3v) is 2.74. The van der Waals surface area contributed by atoms with Crippen LogP contribution in [0.15, 0.2) is 18.2 Å². The molecule has 1 aromatic rings. The lowest BCUT2D eigenvalue weighted by Crippen LogP contribution is -2.17. The fourth-order valence-electron chi connectivity index (χ4n) is 1.86. The molecule has 4 heteroatoms. The molecule has 1 atom stereocenters. The van der Waals surface area contributed by atoms with Crippen LogP contribution in [-0.4, -0.2) is 26.1 Å². The fraction of sp³-hybridized carbons (Fsp3) is 0.417. The summed E-state index contributed by atoms with van der Waals surface area (Å²) < 4.78 is 23.7.